The zero-order chi connectivity index (χ0) is 13.5. The third-order valence-electron chi connectivity index (χ3n) is 2.56. The fraction of sp³-hybridized carbons (Fsp3) is 0.385. The number of rotatable bonds is 4. The first-order chi connectivity index (χ1) is 8.52. The highest BCUT2D eigenvalue weighted by molar-refractivity contribution is 6.35. The lowest BCUT2D eigenvalue weighted by Gasteiger charge is -2.11. The van der Waals surface area contributed by atoms with E-state index in [0.29, 0.717) is 11.6 Å². The molecule has 0 aliphatic carbocycles. The second-order valence-corrected chi connectivity index (χ2v) is 4.53. The van der Waals surface area contributed by atoms with Crippen LogP contribution in [0, 0.1) is 0 Å². The molecule has 1 atom stereocenters. The van der Waals surface area contributed by atoms with Crippen molar-refractivity contribution in [3.8, 4) is 0 Å². The topological polar surface area (TPSA) is 58.2 Å². The predicted molar refractivity (Wildman–Crippen MR) is 71.2 cm³/mol. The van der Waals surface area contributed by atoms with Gasteiger partial charge < -0.3 is 10.6 Å². The molecule has 0 aliphatic heterocycles. The van der Waals surface area contributed by atoms with Crippen LogP contribution in [0.3, 0.4) is 0 Å². The molecular weight excluding hydrogens is 252 g/mol. The molecule has 0 saturated carbocycles. The smallest absolute Gasteiger partial charge is 0.309 e. The molecule has 2 amide bonds. The van der Waals surface area contributed by atoms with E-state index >= 15 is 0 Å². The van der Waals surface area contributed by atoms with Crippen molar-refractivity contribution in [1.82, 2.24) is 10.6 Å². The van der Waals surface area contributed by atoms with Crippen LogP contribution in [0.2, 0.25) is 5.02 Å². The van der Waals surface area contributed by atoms with Crippen LogP contribution < -0.4 is 10.6 Å². The maximum Gasteiger partial charge on any atom is 0.309 e. The highest BCUT2D eigenvalue weighted by Gasteiger charge is 2.14. The summed E-state index contributed by atoms with van der Waals surface area (Å²) < 4.78 is 0. The summed E-state index contributed by atoms with van der Waals surface area (Å²) in [6.45, 7) is 4.10. The van der Waals surface area contributed by atoms with Crippen molar-refractivity contribution in [3.05, 3.63) is 34.9 Å². The summed E-state index contributed by atoms with van der Waals surface area (Å²) in [6, 6.07) is 7.08. The quantitative estimate of drug-likeness (QED) is 0.819. The maximum absolute atomic E-state index is 11.5. The Morgan fingerprint density at radius 3 is 2.39 bits per heavy atom. The second kappa shape index (κ2) is 7.01. The fourth-order valence-corrected chi connectivity index (χ4v) is 1.38. The van der Waals surface area contributed by atoms with Gasteiger partial charge >= 0.3 is 11.8 Å². The second-order valence-electron chi connectivity index (χ2n) is 4.09. The van der Waals surface area contributed by atoms with Crippen molar-refractivity contribution >= 4 is 23.4 Å². The molecule has 1 rings (SSSR count). The summed E-state index contributed by atoms with van der Waals surface area (Å²) in [5.74, 6) is -1.22. The Balaban J connectivity index is 2.41. The molecule has 18 heavy (non-hydrogen) atoms. The van der Waals surface area contributed by atoms with Crippen LogP contribution in [-0.2, 0) is 16.1 Å². The Hall–Kier alpha value is -1.55. The lowest BCUT2D eigenvalue weighted by Crippen LogP contribution is -2.43. The average Bonchev–Trinajstić information content (AvgIpc) is 2.37. The zero-order valence-electron chi connectivity index (χ0n) is 10.5. The van der Waals surface area contributed by atoms with E-state index in [9.17, 15) is 9.59 Å². The highest BCUT2D eigenvalue weighted by atomic mass is 35.5. The van der Waals surface area contributed by atoms with Crippen LogP contribution in [0.4, 0.5) is 0 Å². The molecule has 0 radical (unpaired) electrons. The highest BCUT2D eigenvalue weighted by Crippen LogP contribution is 2.08. The Morgan fingerprint density at radius 2 is 1.83 bits per heavy atom. The molecule has 0 saturated heterocycles. The molecule has 1 aromatic carbocycles. The summed E-state index contributed by atoms with van der Waals surface area (Å²) >= 11 is 5.75. The Bertz CT molecular complexity index is 418. The first-order valence-electron chi connectivity index (χ1n) is 5.86. The van der Waals surface area contributed by atoms with Crippen LogP contribution in [0.5, 0.6) is 0 Å². The normalized spacial score (nSPS) is 11.7. The van der Waals surface area contributed by atoms with Crippen LogP contribution in [0.25, 0.3) is 0 Å². The molecule has 0 spiro atoms. The van der Waals surface area contributed by atoms with E-state index in [1.807, 2.05) is 13.8 Å². The van der Waals surface area contributed by atoms with Gasteiger partial charge in [-0.2, -0.15) is 0 Å². The van der Waals surface area contributed by atoms with E-state index in [2.05, 4.69) is 10.6 Å². The minimum absolute atomic E-state index is 0.00113. The molecule has 4 nitrogen and oxygen atoms in total. The molecule has 1 aromatic rings. The number of nitrogens with one attached hydrogen (secondary N) is 2. The van der Waals surface area contributed by atoms with E-state index in [1.165, 1.54) is 0 Å². The summed E-state index contributed by atoms with van der Waals surface area (Å²) in [6.07, 6.45) is 0.788. The van der Waals surface area contributed by atoms with Crippen molar-refractivity contribution in [1.29, 1.82) is 0 Å². The monoisotopic (exact) mass is 268 g/mol. The van der Waals surface area contributed by atoms with Crippen LogP contribution in [0.15, 0.2) is 24.3 Å². The van der Waals surface area contributed by atoms with E-state index in [1.54, 1.807) is 24.3 Å². The van der Waals surface area contributed by atoms with Crippen LogP contribution in [0.1, 0.15) is 25.8 Å². The van der Waals surface area contributed by atoms with Gasteiger partial charge in [-0.15, -0.1) is 0 Å². The molecule has 5 heteroatoms. The van der Waals surface area contributed by atoms with Crippen molar-refractivity contribution in [2.45, 2.75) is 32.9 Å². The molecule has 2 N–H and O–H groups in total. The van der Waals surface area contributed by atoms with Gasteiger partial charge in [-0.05, 0) is 31.0 Å². The summed E-state index contributed by atoms with van der Waals surface area (Å²) in [5.41, 5.74) is 0.893. The number of amides is 2. The number of carbonyl (C=O) groups is 2. The third kappa shape index (κ3) is 4.75. The van der Waals surface area contributed by atoms with E-state index in [0.717, 1.165) is 12.0 Å². The number of carbonyl (C=O) groups excluding carboxylic acids is 2. The van der Waals surface area contributed by atoms with Gasteiger partial charge in [0, 0.05) is 17.6 Å². The molecule has 98 valence electrons. The maximum atomic E-state index is 11.5. The zero-order valence-corrected chi connectivity index (χ0v) is 11.3. The van der Waals surface area contributed by atoms with Crippen LogP contribution >= 0.6 is 11.6 Å². The van der Waals surface area contributed by atoms with E-state index in [-0.39, 0.29) is 6.04 Å². The molecule has 0 heterocycles. The largest absolute Gasteiger partial charge is 0.345 e. The summed E-state index contributed by atoms with van der Waals surface area (Å²) in [4.78, 5) is 22.9. The van der Waals surface area contributed by atoms with Gasteiger partial charge in [0.2, 0.25) is 0 Å². The van der Waals surface area contributed by atoms with Crippen molar-refractivity contribution in [2.24, 2.45) is 0 Å². The molecule has 1 unspecified atom stereocenters. The van der Waals surface area contributed by atoms with Gasteiger partial charge in [0.1, 0.15) is 0 Å². The minimum Gasteiger partial charge on any atom is -0.345 e. The SMILES string of the molecule is CCC(C)NC(=O)C(=O)NCc1ccc(Cl)cc1. The summed E-state index contributed by atoms with van der Waals surface area (Å²) in [7, 11) is 0. The molecule has 0 aliphatic rings. The molecule has 0 bridgehead atoms. The van der Waals surface area contributed by atoms with Gasteiger partial charge in [-0.1, -0.05) is 30.7 Å². The Labute approximate surface area is 112 Å². The molecular formula is C13H17ClN2O2. The van der Waals surface area contributed by atoms with Gasteiger partial charge in [-0.25, -0.2) is 0 Å². The minimum atomic E-state index is -0.620. The fourth-order valence-electron chi connectivity index (χ4n) is 1.26. The number of hydrogen-bond donors (Lipinski definition) is 2. The van der Waals surface area contributed by atoms with E-state index in [4.69, 9.17) is 11.6 Å². The standard InChI is InChI=1S/C13H17ClN2O2/c1-3-9(2)16-13(18)12(17)15-8-10-4-6-11(14)7-5-10/h4-7,9H,3,8H2,1-2H3,(H,15,17)(H,16,18). The average molecular weight is 269 g/mol. The van der Waals surface area contributed by atoms with Gasteiger partial charge in [0.25, 0.3) is 0 Å². The van der Waals surface area contributed by atoms with Crippen molar-refractivity contribution < 1.29 is 9.59 Å². The Morgan fingerprint density at radius 1 is 1.22 bits per heavy atom. The Kier molecular flexibility index (Phi) is 5.65. The van der Waals surface area contributed by atoms with Gasteiger partial charge in [0.05, 0.1) is 0 Å². The van der Waals surface area contributed by atoms with Crippen LogP contribution in [-0.4, -0.2) is 17.9 Å². The lowest BCUT2D eigenvalue weighted by molar-refractivity contribution is -0.139. The first-order valence-corrected chi connectivity index (χ1v) is 6.24. The number of halogens is 1. The van der Waals surface area contributed by atoms with E-state index < -0.39 is 11.8 Å². The molecule has 0 fully saturated rings. The van der Waals surface area contributed by atoms with Crippen molar-refractivity contribution in [2.75, 3.05) is 0 Å². The summed E-state index contributed by atoms with van der Waals surface area (Å²) in [5, 5.41) is 5.79. The van der Waals surface area contributed by atoms with Crippen molar-refractivity contribution in [3.63, 3.8) is 0 Å². The third-order valence-corrected chi connectivity index (χ3v) is 2.81. The predicted octanol–water partition coefficient (Wildman–Crippen LogP) is 1.87. The molecule has 0 aromatic heterocycles. The lowest BCUT2D eigenvalue weighted by atomic mass is 10.2. The van der Waals surface area contributed by atoms with Gasteiger partial charge in [-0.3, -0.25) is 9.59 Å². The first kappa shape index (κ1) is 14.5. The number of hydrogen-bond acceptors (Lipinski definition) is 2. The van der Waals surface area contributed by atoms with Gasteiger partial charge in [0.15, 0.2) is 0 Å². The number of benzene rings is 1.